The van der Waals surface area contributed by atoms with Crippen molar-refractivity contribution in [1.82, 2.24) is 0 Å². The van der Waals surface area contributed by atoms with E-state index in [1.54, 1.807) is 31.2 Å². The number of ether oxygens (including phenoxy) is 1. The van der Waals surface area contributed by atoms with Crippen molar-refractivity contribution in [3.8, 4) is 0 Å². The van der Waals surface area contributed by atoms with E-state index < -0.39 is 40.9 Å². The molecule has 1 aromatic rings. The zero-order chi connectivity index (χ0) is 26.2. The molecule has 1 amide bonds. The van der Waals surface area contributed by atoms with Crippen LogP contribution in [0.15, 0.2) is 41.5 Å². The summed E-state index contributed by atoms with van der Waals surface area (Å²) in [7, 11) is 0. The zero-order valence-corrected chi connectivity index (χ0v) is 21.5. The van der Waals surface area contributed by atoms with Gasteiger partial charge in [0.25, 0.3) is 0 Å². The third kappa shape index (κ3) is 6.90. The fraction of sp³-hybridized carbons (Fsp3) is 0.556. The third-order valence-electron chi connectivity index (χ3n) is 6.69. The number of esters is 1. The van der Waals surface area contributed by atoms with Gasteiger partial charge in [0, 0.05) is 10.7 Å². The number of carbonyl (C=O) groups excluding carboxylic acids is 2. The lowest BCUT2D eigenvalue weighted by Crippen LogP contribution is -2.40. The summed E-state index contributed by atoms with van der Waals surface area (Å²) >= 11 is 5.94. The number of nitrogens with one attached hydrogen (secondary N) is 1. The Morgan fingerprint density at radius 3 is 2.40 bits per heavy atom. The number of carbonyl (C=O) groups is 2. The second-order valence-electron chi connectivity index (χ2n) is 10.8. The highest BCUT2D eigenvalue weighted by molar-refractivity contribution is 6.31. The Hall–Kier alpha value is -2.28. The molecule has 1 aromatic carbocycles. The molecule has 1 fully saturated rings. The molecule has 2 aliphatic rings. The fourth-order valence-electron chi connectivity index (χ4n) is 4.38. The van der Waals surface area contributed by atoms with Gasteiger partial charge < -0.3 is 10.1 Å². The van der Waals surface area contributed by atoms with Crippen molar-refractivity contribution in [3.63, 3.8) is 0 Å². The van der Waals surface area contributed by atoms with Crippen LogP contribution in [0.25, 0.3) is 0 Å². The molecule has 2 aliphatic carbocycles. The number of anilines is 1. The van der Waals surface area contributed by atoms with Gasteiger partial charge >= 0.3 is 12.1 Å². The van der Waals surface area contributed by atoms with E-state index in [9.17, 15) is 22.8 Å². The first-order valence-corrected chi connectivity index (χ1v) is 12.2. The van der Waals surface area contributed by atoms with Crippen LogP contribution in [0.4, 0.5) is 18.9 Å². The molecule has 3 rings (SSSR count). The number of benzene rings is 1. The maximum atomic E-state index is 13.7. The van der Waals surface area contributed by atoms with Crippen LogP contribution in [0.2, 0.25) is 0 Å². The molecule has 0 radical (unpaired) electrons. The van der Waals surface area contributed by atoms with E-state index in [1.807, 2.05) is 26.8 Å². The van der Waals surface area contributed by atoms with Crippen molar-refractivity contribution in [2.45, 2.75) is 72.1 Å². The van der Waals surface area contributed by atoms with Gasteiger partial charge in [0.2, 0.25) is 5.91 Å². The first-order chi connectivity index (χ1) is 16.1. The van der Waals surface area contributed by atoms with Crippen molar-refractivity contribution in [1.29, 1.82) is 0 Å². The summed E-state index contributed by atoms with van der Waals surface area (Å²) < 4.78 is 46.6. The van der Waals surface area contributed by atoms with Crippen LogP contribution in [0.1, 0.15) is 58.1 Å². The standard InChI is InChI=1S/C27H33ClF3NO3/c1-16-6-7-18(15-26(12-13-26)24(34)35-25(3,4)5)14-21(16)32-23(33)22(17(2)27(29,30)31)19-8-10-20(28)11-9-19/h6-8,10-11,14,17,19,22H,9,12-13,15H2,1-5H3,(H,32,33)/t17-,19?,22+/m1/s1. The lowest BCUT2D eigenvalue weighted by atomic mass is 9.78. The molecule has 0 aliphatic heterocycles. The molecule has 1 N–H and O–H groups in total. The SMILES string of the molecule is Cc1ccc(CC2(C(=O)OC(C)(C)C)CC2)cc1NC(=O)[C@H](C1C=CC(Cl)=CC1)[C@@H](C)C(F)(F)F. The molecule has 0 bridgehead atoms. The number of hydrogen-bond acceptors (Lipinski definition) is 3. The van der Waals surface area contributed by atoms with Crippen LogP contribution in [0.5, 0.6) is 0 Å². The number of hydrogen-bond donors (Lipinski definition) is 1. The molecule has 0 saturated heterocycles. The van der Waals surface area contributed by atoms with E-state index in [4.69, 9.17) is 16.3 Å². The molecule has 1 saturated carbocycles. The zero-order valence-electron chi connectivity index (χ0n) is 20.8. The average Bonchev–Trinajstić information content (AvgIpc) is 3.51. The number of allylic oxidation sites excluding steroid dienone is 4. The van der Waals surface area contributed by atoms with E-state index >= 15 is 0 Å². The van der Waals surface area contributed by atoms with E-state index in [-0.39, 0.29) is 12.4 Å². The Bertz CT molecular complexity index is 1040. The molecule has 0 spiro atoms. The summed E-state index contributed by atoms with van der Waals surface area (Å²) in [4.78, 5) is 25.9. The van der Waals surface area contributed by atoms with Gasteiger partial charge in [-0.3, -0.25) is 9.59 Å². The summed E-state index contributed by atoms with van der Waals surface area (Å²) in [6.07, 6.45) is 2.36. The Morgan fingerprint density at radius 1 is 1.23 bits per heavy atom. The minimum absolute atomic E-state index is 0.244. The van der Waals surface area contributed by atoms with Gasteiger partial charge in [0.05, 0.1) is 17.3 Å². The van der Waals surface area contributed by atoms with Crippen molar-refractivity contribution in [3.05, 3.63) is 52.6 Å². The molecule has 35 heavy (non-hydrogen) atoms. The smallest absolute Gasteiger partial charge is 0.392 e. The Morgan fingerprint density at radius 2 is 1.89 bits per heavy atom. The summed E-state index contributed by atoms with van der Waals surface area (Å²) in [5.41, 5.74) is 0.818. The molecule has 0 aromatic heterocycles. The van der Waals surface area contributed by atoms with Gasteiger partial charge in [0.15, 0.2) is 0 Å². The molecule has 3 atom stereocenters. The third-order valence-corrected chi connectivity index (χ3v) is 6.97. The highest BCUT2D eigenvalue weighted by Crippen LogP contribution is 2.50. The number of amides is 1. The largest absolute Gasteiger partial charge is 0.460 e. The van der Waals surface area contributed by atoms with Gasteiger partial charge in [-0.25, -0.2) is 0 Å². The lowest BCUT2D eigenvalue weighted by Gasteiger charge is -2.31. The first-order valence-electron chi connectivity index (χ1n) is 11.9. The van der Waals surface area contributed by atoms with E-state index in [0.717, 1.165) is 18.1 Å². The van der Waals surface area contributed by atoms with E-state index in [1.165, 1.54) is 6.08 Å². The van der Waals surface area contributed by atoms with Crippen molar-refractivity contribution in [2.24, 2.45) is 23.2 Å². The quantitative estimate of drug-likeness (QED) is 0.397. The van der Waals surface area contributed by atoms with Gasteiger partial charge in [0.1, 0.15) is 5.60 Å². The lowest BCUT2D eigenvalue weighted by molar-refractivity contribution is -0.188. The monoisotopic (exact) mass is 511 g/mol. The molecule has 4 nitrogen and oxygen atoms in total. The minimum Gasteiger partial charge on any atom is -0.460 e. The number of aryl methyl sites for hydroxylation is 1. The Balaban J connectivity index is 1.80. The van der Waals surface area contributed by atoms with Gasteiger partial charge in [-0.1, -0.05) is 42.8 Å². The van der Waals surface area contributed by atoms with Crippen LogP contribution in [-0.4, -0.2) is 23.7 Å². The number of alkyl halides is 3. The molecule has 0 heterocycles. The van der Waals surface area contributed by atoms with Gasteiger partial charge in [-0.05, 0) is 82.6 Å². The molecule has 1 unspecified atom stereocenters. The maximum Gasteiger partial charge on any atom is 0.392 e. The fourth-order valence-corrected chi connectivity index (χ4v) is 4.55. The predicted molar refractivity (Wildman–Crippen MR) is 131 cm³/mol. The van der Waals surface area contributed by atoms with Crippen molar-refractivity contribution in [2.75, 3.05) is 5.32 Å². The van der Waals surface area contributed by atoms with Crippen molar-refractivity contribution < 1.29 is 27.5 Å². The van der Waals surface area contributed by atoms with Crippen LogP contribution in [0, 0.1) is 30.1 Å². The highest BCUT2D eigenvalue weighted by Gasteiger charge is 2.52. The Kier molecular flexibility index (Phi) is 7.80. The van der Waals surface area contributed by atoms with Gasteiger partial charge in [-0.15, -0.1) is 0 Å². The molecular weight excluding hydrogens is 479 g/mol. The highest BCUT2D eigenvalue weighted by atomic mass is 35.5. The Labute approximate surface area is 209 Å². The molecular formula is C27H33ClF3NO3. The second-order valence-corrected chi connectivity index (χ2v) is 11.2. The number of rotatable bonds is 7. The van der Waals surface area contributed by atoms with E-state index in [2.05, 4.69) is 5.32 Å². The van der Waals surface area contributed by atoms with Crippen LogP contribution in [0.3, 0.4) is 0 Å². The summed E-state index contributed by atoms with van der Waals surface area (Å²) in [5, 5.41) is 3.19. The maximum absolute atomic E-state index is 13.7. The topological polar surface area (TPSA) is 55.4 Å². The molecule has 8 heteroatoms. The first kappa shape index (κ1) is 27.3. The van der Waals surface area contributed by atoms with Gasteiger partial charge in [-0.2, -0.15) is 13.2 Å². The second kappa shape index (κ2) is 10.00. The predicted octanol–water partition coefficient (Wildman–Crippen LogP) is 7.11. The minimum atomic E-state index is -4.52. The summed E-state index contributed by atoms with van der Waals surface area (Å²) in [6.45, 7) is 8.29. The summed E-state index contributed by atoms with van der Waals surface area (Å²) in [6, 6.07) is 5.43. The van der Waals surface area contributed by atoms with Crippen LogP contribution in [-0.2, 0) is 20.7 Å². The van der Waals surface area contributed by atoms with Crippen LogP contribution >= 0.6 is 11.6 Å². The average molecular weight is 512 g/mol. The van der Waals surface area contributed by atoms with E-state index in [0.29, 0.717) is 30.0 Å². The van der Waals surface area contributed by atoms with Crippen LogP contribution < -0.4 is 5.32 Å². The van der Waals surface area contributed by atoms with Crippen molar-refractivity contribution >= 4 is 29.2 Å². The number of halogens is 4. The molecule has 192 valence electrons. The normalized spacial score (nSPS) is 21.1. The summed E-state index contributed by atoms with van der Waals surface area (Å²) in [5.74, 6) is -4.71.